The zero-order valence-electron chi connectivity index (χ0n) is 8.14. The number of tetrazole rings is 1. The summed E-state index contributed by atoms with van der Waals surface area (Å²) >= 11 is 0. The molecule has 1 N–H and O–H groups in total. The molecule has 1 rings (SSSR count). The molecule has 0 saturated carbocycles. The summed E-state index contributed by atoms with van der Waals surface area (Å²) in [6.07, 6.45) is 3.05. The maximum absolute atomic E-state index is 9.43. The first-order valence-corrected chi connectivity index (χ1v) is 4.63. The van der Waals surface area contributed by atoms with Gasteiger partial charge in [-0.3, -0.25) is 0 Å². The molecule has 1 heterocycles. The summed E-state index contributed by atoms with van der Waals surface area (Å²) < 4.78 is 0. The Morgan fingerprint density at radius 2 is 2.23 bits per heavy atom. The van der Waals surface area contributed by atoms with Gasteiger partial charge in [-0.15, -0.1) is 10.2 Å². The normalized spacial score (nSPS) is 13.2. The molecule has 0 aliphatic carbocycles. The van der Waals surface area contributed by atoms with E-state index in [1.165, 1.54) is 4.80 Å². The van der Waals surface area contributed by atoms with E-state index < -0.39 is 0 Å². The predicted octanol–water partition coefficient (Wildman–Crippen LogP) is 0.304. The topological polar surface area (TPSA) is 63.8 Å². The first kappa shape index (κ1) is 10.1. The predicted molar refractivity (Wildman–Crippen MR) is 48.0 cm³/mol. The van der Waals surface area contributed by atoms with Crippen LogP contribution < -0.4 is 0 Å². The summed E-state index contributed by atoms with van der Waals surface area (Å²) in [5.74, 6) is 0.706. The molecule has 0 radical (unpaired) electrons. The van der Waals surface area contributed by atoms with Crippen LogP contribution in [0.1, 0.15) is 32.0 Å². The molecule has 1 aromatic rings. The highest BCUT2D eigenvalue weighted by Gasteiger charge is 2.05. The smallest absolute Gasteiger partial charge is 0.174 e. The summed E-state index contributed by atoms with van der Waals surface area (Å²) in [6.45, 7) is 2.06. The van der Waals surface area contributed by atoms with Crippen LogP contribution in [0.15, 0.2) is 0 Å². The minimum absolute atomic E-state index is 0.228. The molecule has 0 bridgehead atoms. The highest BCUT2D eigenvalue weighted by Crippen LogP contribution is 2.04. The molecule has 0 aliphatic heterocycles. The van der Waals surface area contributed by atoms with Crippen molar-refractivity contribution in [2.45, 2.75) is 38.7 Å². The molecule has 1 aromatic heterocycles. The minimum atomic E-state index is -0.228. The molecule has 13 heavy (non-hydrogen) atoms. The number of aliphatic hydroxyl groups is 1. The van der Waals surface area contributed by atoms with Crippen molar-refractivity contribution in [1.82, 2.24) is 20.2 Å². The molecular weight excluding hydrogens is 168 g/mol. The highest BCUT2D eigenvalue weighted by molar-refractivity contribution is 4.77. The van der Waals surface area contributed by atoms with E-state index in [1.54, 1.807) is 7.05 Å². The van der Waals surface area contributed by atoms with Crippen LogP contribution in [0.3, 0.4) is 0 Å². The molecule has 0 aromatic carbocycles. The Labute approximate surface area is 77.8 Å². The molecule has 0 fully saturated rings. The second kappa shape index (κ2) is 4.91. The average Bonchev–Trinajstić information content (AvgIpc) is 2.49. The molecule has 5 heteroatoms. The van der Waals surface area contributed by atoms with E-state index in [0.29, 0.717) is 12.2 Å². The lowest BCUT2D eigenvalue weighted by Crippen LogP contribution is -2.07. The number of hydrogen-bond donors (Lipinski definition) is 1. The summed E-state index contributed by atoms with van der Waals surface area (Å²) in [5, 5.41) is 21.0. The lowest BCUT2D eigenvalue weighted by Gasteiger charge is -2.05. The van der Waals surface area contributed by atoms with E-state index in [-0.39, 0.29) is 6.10 Å². The third-order valence-corrected chi connectivity index (χ3v) is 1.87. The Balaban J connectivity index is 2.26. The van der Waals surface area contributed by atoms with E-state index in [1.807, 2.05) is 0 Å². The number of rotatable bonds is 5. The SMILES string of the molecule is CCCC(O)CCc1nnn(C)n1. The van der Waals surface area contributed by atoms with Crippen LogP contribution in [-0.4, -0.2) is 31.4 Å². The monoisotopic (exact) mass is 184 g/mol. The quantitative estimate of drug-likeness (QED) is 0.715. The van der Waals surface area contributed by atoms with E-state index in [2.05, 4.69) is 22.3 Å². The number of aryl methyl sites for hydroxylation is 2. The van der Waals surface area contributed by atoms with Crippen molar-refractivity contribution in [2.24, 2.45) is 7.05 Å². The standard InChI is InChI=1S/C8H16N4O/c1-3-4-7(13)5-6-8-9-11-12(2)10-8/h7,13H,3-6H2,1-2H3. The lowest BCUT2D eigenvalue weighted by atomic mass is 10.1. The molecule has 0 spiro atoms. The van der Waals surface area contributed by atoms with Gasteiger partial charge in [-0.25, -0.2) is 0 Å². The van der Waals surface area contributed by atoms with Crippen LogP contribution in [0.4, 0.5) is 0 Å². The lowest BCUT2D eigenvalue weighted by molar-refractivity contribution is 0.153. The second-order valence-corrected chi connectivity index (χ2v) is 3.18. The molecule has 1 atom stereocenters. The Bertz CT molecular complexity index is 248. The third-order valence-electron chi connectivity index (χ3n) is 1.87. The van der Waals surface area contributed by atoms with Crippen molar-refractivity contribution in [3.05, 3.63) is 5.82 Å². The van der Waals surface area contributed by atoms with Crippen molar-refractivity contribution >= 4 is 0 Å². The van der Waals surface area contributed by atoms with Gasteiger partial charge in [-0.2, -0.15) is 4.80 Å². The molecule has 5 nitrogen and oxygen atoms in total. The maximum Gasteiger partial charge on any atom is 0.174 e. The van der Waals surface area contributed by atoms with Crippen LogP contribution in [-0.2, 0) is 13.5 Å². The van der Waals surface area contributed by atoms with Crippen molar-refractivity contribution in [3.63, 3.8) is 0 Å². The summed E-state index contributed by atoms with van der Waals surface area (Å²) in [6, 6.07) is 0. The van der Waals surface area contributed by atoms with Gasteiger partial charge in [0.15, 0.2) is 5.82 Å². The van der Waals surface area contributed by atoms with Gasteiger partial charge in [0, 0.05) is 6.42 Å². The van der Waals surface area contributed by atoms with E-state index in [9.17, 15) is 5.11 Å². The maximum atomic E-state index is 9.43. The van der Waals surface area contributed by atoms with Crippen LogP contribution >= 0.6 is 0 Å². The van der Waals surface area contributed by atoms with E-state index >= 15 is 0 Å². The van der Waals surface area contributed by atoms with Gasteiger partial charge in [0.1, 0.15) is 0 Å². The van der Waals surface area contributed by atoms with E-state index in [4.69, 9.17) is 0 Å². The fourth-order valence-electron chi connectivity index (χ4n) is 1.20. The molecular formula is C8H16N4O. The summed E-state index contributed by atoms with van der Waals surface area (Å²) in [7, 11) is 1.74. The van der Waals surface area contributed by atoms with Gasteiger partial charge in [-0.1, -0.05) is 13.3 Å². The number of aliphatic hydroxyl groups excluding tert-OH is 1. The van der Waals surface area contributed by atoms with Gasteiger partial charge in [-0.05, 0) is 18.1 Å². The molecule has 1 unspecified atom stereocenters. The fourth-order valence-corrected chi connectivity index (χ4v) is 1.20. The van der Waals surface area contributed by atoms with E-state index in [0.717, 1.165) is 19.3 Å². The Kier molecular flexibility index (Phi) is 3.82. The third kappa shape index (κ3) is 3.50. The molecule has 0 aliphatic rings. The van der Waals surface area contributed by atoms with Crippen molar-refractivity contribution in [1.29, 1.82) is 0 Å². The van der Waals surface area contributed by atoms with Crippen molar-refractivity contribution in [2.75, 3.05) is 0 Å². The zero-order chi connectivity index (χ0) is 9.68. The Morgan fingerprint density at radius 1 is 1.46 bits per heavy atom. The molecule has 0 saturated heterocycles. The first-order chi connectivity index (χ1) is 6.22. The van der Waals surface area contributed by atoms with Gasteiger partial charge < -0.3 is 5.11 Å². The number of hydrogen-bond acceptors (Lipinski definition) is 4. The van der Waals surface area contributed by atoms with Crippen LogP contribution in [0, 0.1) is 0 Å². The van der Waals surface area contributed by atoms with Gasteiger partial charge in [0.2, 0.25) is 0 Å². The van der Waals surface area contributed by atoms with Crippen molar-refractivity contribution < 1.29 is 5.11 Å². The summed E-state index contributed by atoms with van der Waals surface area (Å²) in [5.41, 5.74) is 0. The number of aromatic nitrogens is 4. The highest BCUT2D eigenvalue weighted by atomic mass is 16.3. The first-order valence-electron chi connectivity index (χ1n) is 4.63. The van der Waals surface area contributed by atoms with Gasteiger partial charge >= 0.3 is 0 Å². The van der Waals surface area contributed by atoms with Crippen LogP contribution in [0.25, 0.3) is 0 Å². The van der Waals surface area contributed by atoms with Gasteiger partial charge in [0.05, 0.1) is 13.2 Å². The number of nitrogens with zero attached hydrogens (tertiary/aromatic N) is 4. The average molecular weight is 184 g/mol. The van der Waals surface area contributed by atoms with Crippen LogP contribution in [0.5, 0.6) is 0 Å². The fraction of sp³-hybridized carbons (Fsp3) is 0.875. The van der Waals surface area contributed by atoms with Gasteiger partial charge in [0.25, 0.3) is 0 Å². The zero-order valence-corrected chi connectivity index (χ0v) is 8.14. The Hall–Kier alpha value is -0.970. The van der Waals surface area contributed by atoms with Crippen LogP contribution in [0.2, 0.25) is 0 Å². The summed E-state index contributed by atoms with van der Waals surface area (Å²) in [4.78, 5) is 1.43. The molecule has 74 valence electrons. The van der Waals surface area contributed by atoms with Crippen molar-refractivity contribution in [3.8, 4) is 0 Å². The second-order valence-electron chi connectivity index (χ2n) is 3.18. The molecule has 0 amide bonds. The largest absolute Gasteiger partial charge is 0.393 e. The minimum Gasteiger partial charge on any atom is -0.393 e. The Morgan fingerprint density at radius 3 is 2.77 bits per heavy atom.